The molecule has 2 fully saturated rings. The number of piperidine rings is 1. The first-order valence-corrected chi connectivity index (χ1v) is 8.76. The summed E-state index contributed by atoms with van der Waals surface area (Å²) in [4.78, 5) is 10.8. The van der Waals surface area contributed by atoms with Gasteiger partial charge in [0.15, 0.2) is 0 Å². The molecule has 1 aromatic carbocycles. The second-order valence-corrected chi connectivity index (χ2v) is 6.87. The van der Waals surface area contributed by atoms with Gasteiger partial charge in [-0.1, -0.05) is 0 Å². The van der Waals surface area contributed by atoms with Gasteiger partial charge in [-0.2, -0.15) is 0 Å². The van der Waals surface area contributed by atoms with Crippen LogP contribution in [-0.4, -0.2) is 33.3 Å². The number of anilines is 1. The van der Waals surface area contributed by atoms with Gasteiger partial charge in [-0.05, 0) is 43.9 Å². The quantitative estimate of drug-likeness (QED) is 0.728. The Morgan fingerprint density at radius 3 is 2.40 bits per heavy atom. The maximum Gasteiger partial charge on any atom is 0.219 e. The third-order valence-electron chi connectivity index (χ3n) is 5.10. The molecule has 0 spiro atoms. The Labute approximate surface area is 144 Å². The maximum absolute atomic E-state index is 13.6. The second-order valence-electron chi connectivity index (χ2n) is 6.87. The zero-order chi connectivity index (χ0) is 16.8. The van der Waals surface area contributed by atoms with E-state index in [0.717, 1.165) is 67.3 Å². The number of hydrogen-bond acceptors (Lipinski definition) is 6. The summed E-state index contributed by atoms with van der Waals surface area (Å²) in [7, 11) is 0. The molecular weight excluding hydrogens is 321 g/mol. The molecule has 3 heterocycles. The number of hydrogen-bond donors (Lipinski definition) is 0. The molecule has 7 heteroatoms. The molecule has 1 saturated carbocycles. The minimum atomic E-state index is -0.267. The van der Waals surface area contributed by atoms with Crippen molar-refractivity contribution in [3.63, 3.8) is 0 Å². The molecule has 5 rings (SSSR count). The Hall–Kier alpha value is -2.57. The van der Waals surface area contributed by atoms with E-state index in [1.165, 1.54) is 12.1 Å². The van der Waals surface area contributed by atoms with E-state index in [4.69, 9.17) is 4.42 Å². The molecule has 0 radical (unpaired) electrons. The smallest absolute Gasteiger partial charge is 0.219 e. The van der Waals surface area contributed by atoms with Crippen LogP contribution in [0.25, 0.3) is 10.9 Å². The second kappa shape index (κ2) is 5.75. The molecule has 2 aromatic heterocycles. The van der Waals surface area contributed by atoms with E-state index in [9.17, 15) is 4.39 Å². The third kappa shape index (κ3) is 2.73. The molecule has 3 aromatic rings. The Balaban J connectivity index is 1.35. The van der Waals surface area contributed by atoms with Crippen molar-refractivity contribution >= 4 is 16.7 Å². The van der Waals surface area contributed by atoms with Gasteiger partial charge in [-0.15, -0.1) is 10.2 Å². The van der Waals surface area contributed by atoms with Gasteiger partial charge in [0.1, 0.15) is 18.0 Å². The van der Waals surface area contributed by atoms with Crippen LogP contribution < -0.4 is 4.90 Å². The number of halogens is 1. The SMILES string of the molecule is Fc1ccc2ncnc(N3CCC(c4nnc(C5CC5)o4)CC3)c2c1. The summed E-state index contributed by atoms with van der Waals surface area (Å²) in [5, 5.41) is 9.20. The minimum Gasteiger partial charge on any atom is -0.425 e. The van der Waals surface area contributed by atoms with E-state index in [0.29, 0.717) is 11.8 Å². The van der Waals surface area contributed by atoms with Crippen LogP contribution in [0.1, 0.15) is 49.3 Å². The van der Waals surface area contributed by atoms with Gasteiger partial charge >= 0.3 is 0 Å². The van der Waals surface area contributed by atoms with Gasteiger partial charge in [-0.3, -0.25) is 0 Å². The van der Waals surface area contributed by atoms with E-state index >= 15 is 0 Å². The molecule has 0 atom stereocenters. The molecule has 128 valence electrons. The highest BCUT2D eigenvalue weighted by molar-refractivity contribution is 5.89. The maximum atomic E-state index is 13.6. The Morgan fingerprint density at radius 1 is 0.960 bits per heavy atom. The summed E-state index contributed by atoms with van der Waals surface area (Å²) < 4.78 is 19.5. The van der Waals surface area contributed by atoms with Crippen molar-refractivity contribution in [2.24, 2.45) is 0 Å². The predicted octanol–water partition coefficient (Wildman–Crippen LogP) is 3.41. The minimum absolute atomic E-state index is 0.267. The van der Waals surface area contributed by atoms with Crippen molar-refractivity contribution in [1.82, 2.24) is 20.2 Å². The largest absolute Gasteiger partial charge is 0.425 e. The summed E-state index contributed by atoms with van der Waals surface area (Å²) in [6.07, 6.45) is 5.72. The van der Waals surface area contributed by atoms with Crippen molar-refractivity contribution in [2.75, 3.05) is 18.0 Å². The molecule has 25 heavy (non-hydrogen) atoms. The third-order valence-corrected chi connectivity index (χ3v) is 5.10. The lowest BCUT2D eigenvalue weighted by atomic mass is 9.96. The fourth-order valence-corrected chi connectivity index (χ4v) is 3.51. The Morgan fingerprint density at radius 2 is 1.68 bits per heavy atom. The number of benzene rings is 1. The van der Waals surface area contributed by atoms with Crippen molar-refractivity contribution < 1.29 is 8.81 Å². The van der Waals surface area contributed by atoms with Gasteiger partial charge in [-0.25, -0.2) is 14.4 Å². The first-order chi connectivity index (χ1) is 12.3. The van der Waals surface area contributed by atoms with Crippen LogP contribution in [0, 0.1) is 5.82 Å². The normalized spacial score (nSPS) is 18.8. The lowest BCUT2D eigenvalue weighted by Gasteiger charge is -2.31. The lowest BCUT2D eigenvalue weighted by Crippen LogP contribution is -2.33. The van der Waals surface area contributed by atoms with E-state index in [2.05, 4.69) is 25.1 Å². The average molecular weight is 339 g/mol. The number of aromatic nitrogens is 4. The molecule has 2 aliphatic rings. The summed E-state index contributed by atoms with van der Waals surface area (Å²) >= 11 is 0. The summed E-state index contributed by atoms with van der Waals surface area (Å²) in [6, 6.07) is 4.63. The van der Waals surface area contributed by atoms with Crippen LogP contribution in [0.3, 0.4) is 0 Å². The van der Waals surface area contributed by atoms with Crippen molar-refractivity contribution in [3.05, 3.63) is 42.1 Å². The molecule has 0 amide bonds. The van der Waals surface area contributed by atoms with Crippen LogP contribution in [0.2, 0.25) is 0 Å². The van der Waals surface area contributed by atoms with Crippen molar-refractivity contribution in [3.8, 4) is 0 Å². The van der Waals surface area contributed by atoms with Crippen LogP contribution in [0.5, 0.6) is 0 Å². The molecular formula is C18H18FN5O. The zero-order valence-electron chi connectivity index (χ0n) is 13.7. The van der Waals surface area contributed by atoms with Crippen molar-refractivity contribution in [2.45, 2.75) is 37.5 Å². The first kappa shape index (κ1) is 14.7. The first-order valence-electron chi connectivity index (χ1n) is 8.76. The Bertz CT molecular complexity index is 915. The van der Waals surface area contributed by atoms with Gasteiger partial charge in [0.2, 0.25) is 11.8 Å². The molecule has 0 bridgehead atoms. The van der Waals surface area contributed by atoms with Crippen molar-refractivity contribution in [1.29, 1.82) is 0 Å². The average Bonchev–Trinajstić information content (AvgIpc) is 3.38. The van der Waals surface area contributed by atoms with E-state index < -0.39 is 0 Å². The topological polar surface area (TPSA) is 67.9 Å². The van der Waals surface area contributed by atoms with Crippen LogP contribution in [0.4, 0.5) is 10.2 Å². The van der Waals surface area contributed by atoms with Crippen LogP contribution >= 0.6 is 0 Å². The predicted molar refractivity (Wildman–Crippen MR) is 90.0 cm³/mol. The number of fused-ring (bicyclic) bond motifs is 1. The van der Waals surface area contributed by atoms with Gasteiger partial charge < -0.3 is 9.32 Å². The summed E-state index contributed by atoms with van der Waals surface area (Å²) in [5.74, 6) is 2.88. The molecule has 1 aliphatic heterocycles. The standard InChI is InChI=1S/C18H18FN5O/c19-13-3-4-15-14(9-13)16(21-10-20-15)24-7-5-12(6-8-24)18-23-22-17(25-18)11-1-2-11/h3-4,9-12H,1-2,5-8H2. The summed E-state index contributed by atoms with van der Waals surface area (Å²) in [5.41, 5.74) is 0.763. The van der Waals surface area contributed by atoms with Gasteiger partial charge in [0.05, 0.1) is 5.52 Å². The fraction of sp³-hybridized carbons (Fsp3) is 0.444. The molecule has 0 unspecified atom stereocenters. The lowest BCUT2D eigenvalue weighted by molar-refractivity contribution is 0.375. The van der Waals surface area contributed by atoms with E-state index in [1.807, 2.05) is 0 Å². The molecule has 6 nitrogen and oxygen atoms in total. The summed E-state index contributed by atoms with van der Waals surface area (Å²) in [6.45, 7) is 1.66. The van der Waals surface area contributed by atoms with Crippen LogP contribution in [-0.2, 0) is 0 Å². The highest BCUT2D eigenvalue weighted by Gasteiger charge is 2.32. The zero-order valence-corrected chi connectivity index (χ0v) is 13.7. The molecule has 1 saturated heterocycles. The fourth-order valence-electron chi connectivity index (χ4n) is 3.51. The van der Waals surface area contributed by atoms with E-state index in [1.54, 1.807) is 12.4 Å². The van der Waals surface area contributed by atoms with Gasteiger partial charge in [0.25, 0.3) is 0 Å². The monoisotopic (exact) mass is 339 g/mol. The highest BCUT2D eigenvalue weighted by atomic mass is 19.1. The molecule has 1 aliphatic carbocycles. The highest BCUT2D eigenvalue weighted by Crippen LogP contribution is 2.40. The Kier molecular flexibility index (Phi) is 3.39. The number of rotatable bonds is 3. The molecule has 0 N–H and O–H groups in total. The number of nitrogens with zero attached hydrogens (tertiary/aromatic N) is 5. The van der Waals surface area contributed by atoms with E-state index in [-0.39, 0.29) is 5.82 Å². The van der Waals surface area contributed by atoms with Crippen LogP contribution in [0.15, 0.2) is 28.9 Å². The van der Waals surface area contributed by atoms with Gasteiger partial charge in [0, 0.05) is 30.3 Å².